The summed E-state index contributed by atoms with van der Waals surface area (Å²) in [6, 6.07) is 1.82. The molecule has 1 fully saturated rings. The van der Waals surface area contributed by atoms with Gasteiger partial charge in [-0.3, -0.25) is 0 Å². The lowest BCUT2D eigenvalue weighted by Crippen LogP contribution is -2.49. The Labute approximate surface area is 117 Å². The van der Waals surface area contributed by atoms with E-state index in [1.165, 1.54) is 0 Å². The minimum absolute atomic E-state index is 0.00738. The van der Waals surface area contributed by atoms with Crippen molar-refractivity contribution in [3.05, 3.63) is 29.8 Å². The number of nitrogens with zero attached hydrogens (tertiary/aromatic N) is 1. The fourth-order valence-corrected chi connectivity index (χ4v) is 4.39. The highest BCUT2D eigenvalue weighted by Crippen LogP contribution is 2.30. The third-order valence-corrected chi connectivity index (χ3v) is 5.69. The minimum Gasteiger partial charge on any atom is -0.395 e. The smallest absolute Gasteiger partial charge is 0.246 e. The van der Waals surface area contributed by atoms with Crippen molar-refractivity contribution in [2.24, 2.45) is 5.92 Å². The van der Waals surface area contributed by atoms with Crippen molar-refractivity contribution in [2.75, 3.05) is 13.2 Å². The summed E-state index contributed by atoms with van der Waals surface area (Å²) >= 11 is 0. The van der Waals surface area contributed by atoms with E-state index >= 15 is 0 Å². The van der Waals surface area contributed by atoms with Gasteiger partial charge in [0.15, 0.2) is 0 Å². The van der Waals surface area contributed by atoms with E-state index in [9.17, 15) is 22.3 Å². The molecule has 112 valence electrons. The molecule has 0 amide bonds. The molecule has 0 bridgehead atoms. The fourth-order valence-electron chi connectivity index (χ4n) is 2.59. The van der Waals surface area contributed by atoms with Crippen LogP contribution in [-0.4, -0.2) is 37.0 Å². The lowest BCUT2D eigenvalue weighted by molar-refractivity contribution is 0.113. The normalized spacial score (nSPS) is 24.8. The second-order valence-corrected chi connectivity index (χ2v) is 6.92. The first-order valence-electron chi connectivity index (χ1n) is 6.45. The molecule has 1 aromatic carbocycles. The molecule has 4 nitrogen and oxygen atoms in total. The number of benzene rings is 1. The Morgan fingerprint density at radius 1 is 1.40 bits per heavy atom. The summed E-state index contributed by atoms with van der Waals surface area (Å²) < 4.78 is 52.7. The van der Waals surface area contributed by atoms with Crippen molar-refractivity contribution in [2.45, 2.75) is 30.7 Å². The highest BCUT2D eigenvalue weighted by molar-refractivity contribution is 7.89. The van der Waals surface area contributed by atoms with Crippen LogP contribution in [0.5, 0.6) is 0 Å². The van der Waals surface area contributed by atoms with Crippen LogP contribution in [0, 0.1) is 17.6 Å². The number of piperidine rings is 1. The highest BCUT2D eigenvalue weighted by atomic mass is 32.2. The number of aliphatic hydroxyl groups is 1. The SMILES string of the molecule is C[C@H]1CCCN(S(=O)(=O)c2ccc(F)cc2F)[C@@H]1CO. The third-order valence-electron chi connectivity index (χ3n) is 3.73. The second-order valence-electron chi connectivity index (χ2n) is 5.06. The summed E-state index contributed by atoms with van der Waals surface area (Å²) in [5, 5.41) is 9.40. The van der Waals surface area contributed by atoms with Gasteiger partial charge >= 0.3 is 0 Å². The number of hydrogen-bond donors (Lipinski definition) is 1. The Hall–Kier alpha value is -1.05. The predicted octanol–water partition coefficient (Wildman–Crippen LogP) is 1.75. The van der Waals surface area contributed by atoms with Gasteiger partial charge < -0.3 is 5.11 Å². The van der Waals surface area contributed by atoms with Gasteiger partial charge in [-0.15, -0.1) is 0 Å². The summed E-state index contributed by atoms with van der Waals surface area (Å²) in [6.07, 6.45) is 1.46. The number of aliphatic hydroxyl groups excluding tert-OH is 1. The number of halogens is 2. The average Bonchev–Trinajstić information content (AvgIpc) is 2.37. The molecule has 1 saturated heterocycles. The van der Waals surface area contributed by atoms with Crippen molar-refractivity contribution in [3.8, 4) is 0 Å². The van der Waals surface area contributed by atoms with E-state index < -0.39 is 32.6 Å². The zero-order valence-electron chi connectivity index (χ0n) is 11.1. The van der Waals surface area contributed by atoms with Crippen molar-refractivity contribution in [3.63, 3.8) is 0 Å². The van der Waals surface area contributed by atoms with Crippen molar-refractivity contribution in [1.29, 1.82) is 0 Å². The zero-order valence-corrected chi connectivity index (χ0v) is 11.9. The molecule has 1 aromatic rings. The lowest BCUT2D eigenvalue weighted by Gasteiger charge is -2.37. The molecule has 1 N–H and O–H groups in total. The molecule has 2 rings (SSSR count). The summed E-state index contributed by atoms with van der Waals surface area (Å²) in [4.78, 5) is -0.550. The summed E-state index contributed by atoms with van der Waals surface area (Å²) in [7, 11) is -4.07. The zero-order chi connectivity index (χ0) is 14.9. The van der Waals surface area contributed by atoms with Crippen LogP contribution in [-0.2, 0) is 10.0 Å². The van der Waals surface area contributed by atoms with Crippen LogP contribution in [0.15, 0.2) is 23.1 Å². The molecule has 0 saturated carbocycles. The van der Waals surface area contributed by atoms with E-state index in [0.717, 1.165) is 22.9 Å². The molecule has 0 spiro atoms. The van der Waals surface area contributed by atoms with Gasteiger partial charge in [0, 0.05) is 12.6 Å². The Balaban J connectivity index is 2.43. The standard InChI is InChI=1S/C13H17F2NO3S/c1-9-3-2-6-16(12(9)8-17)20(18,19)13-5-4-10(14)7-11(13)15/h4-5,7,9,12,17H,2-3,6,8H2,1H3/t9-,12+/m0/s1. The lowest BCUT2D eigenvalue weighted by atomic mass is 9.93. The number of rotatable bonds is 3. The first-order valence-corrected chi connectivity index (χ1v) is 7.89. The first-order chi connectivity index (χ1) is 9.37. The number of hydrogen-bond acceptors (Lipinski definition) is 3. The van der Waals surface area contributed by atoms with E-state index in [2.05, 4.69) is 0 Å². The summed E-state index contributed by atoms with van der Waals surface area (Å²) in [5.74, 6) is -1.95. The molecule has 1 aliphatic rings. The quantitative estimate of drug-likeness (QED) is 0.925. The molecule has 1 aliphatic heterocycles. The summed E-state index contributed by atoms with van der Waals surface area (Å²) in [5.41, 5.74) is 0. The van der Waals surface area contributed by atoms with Gasteiger partial charge in [0.25, 0.3) is 0 Å². The van der Waals surface area contributed by atoms with E-state index in [-0.39, 0.29) is 19.1 Å². The maximum atomic E-state index is 13.7. The average molecular weight is 305 g/mol. The van der Waals surface area contributed by atoms with Gasteiger partial charge in [0.1, 0.15) is 16.5 Å². The largest absolute Gasteiger partial charge is 0.395 e. The topological polar surface area (TPSA) is 57.6 Å². The van der Waals surface area contributed by atoms with Crippen molar-refractivity contribution >= 4 is 10.0 Å². The van der Waals surface area contributed by atoms with Gasteiger partial charge in [-0.05, 0) is 30.9 Å². The Morgan fingerprint density at radius 2 is 2.10 bits per heavy atom. The van der Waals surface area contributed by atoms with Crippen LogP contribution in [0.1, 0.15) is 19.8 Å². The fraction of sp³-hybridized carbons (Fsp3) is 0.538. The van der Waals surface area contributed by atoms with Crippen LogP contribution >= 0.6 is 0 Å². The van der Waals surface area contributed by atoms with Crippen LogP contribution in [0.3, 0.4) is 0 Å². The highest BCUT2D eigenvalue weighted by Gasteiger charge is 2.38. The van der Waals surface area contributed by atoms with Gasteiger partial charge in [0.2, 0.25) is 10.0 Å². The Kier molecular flexibility index (Phi) is 4.41. The summed E-state index contributed by atoms with van der Waals surface area (Å²) in [6.45, 7) is 1.77. The van der Waals surface area contributed by atoms with Crippen LogP contribution < -0.4 is 0 Å². The molecule has 1 heterocycles. The maximum absolute atomic E-state index is 13.7. The molecule has 0 aromatic heterocycles. The Morgan fingerprint density at radius 3 is 2.70 bits per heavy atom. The molecule has 0 unspecified atom stereocenters. The monoisotopic (exact) mass is 305 g/mol. The first kappa shape index (κ1) is 15.3. The van der Waals surface area contributed by atoms with E-state index in [1.54, 1.807) is 0 Å². The van der Waals surface area contributed by atoms with E-state index in [4.69, 9.17) is 0 Å². The predicted molar refractivity (Wildman–Crippen MR) is 69.5 cm³/mol. The second kappa shape index (κ2) is 5.75. The molecular weight excluding hydrogens is 288 g/mol. The van der Waals surface area contributed by atoms with Gasteiger partial charge in [-0.2, -0.15) is 4.31 Å². The van der Waals surface area contributed by atoms with Gasteiger partial charge in [-0.1, -0.05) is 6.92 Å². The Bertz CT molecular complexity index is 591. The molecular formula is C13H17F2NO3S. The number of sulfonamides is 1. The van der Waals surface area contributed by atoms with Crippen LogP contribution in [0.4, 0.5) is 8.78 Å². The van der Waals surface area contributed by atoms with Gasteiger partial charge in [0.05, 0.1) is 12.6 Å². The molecule has 0 aliphatic carbocycles. The maximum Gasteiger partial charge on any atom is 0.246 e. The third kappa shape index (κ3) is 2.70. The van der Waals surface area contributed by atoms with Crippen LogP contribution in [0.2, 0.25) is 0 Å². The molecule has 20 heavy (non-hydrogen) atoms. The molecule has 2 atom stereocenters. The minimum atomic E-state index is -4.07. The molecule has 0 radical (unpaired) electrons. The van der Waals surface area contributed by atoms with Crippen molar-refractivity contribution < 1.29 is 22.3 Å². The van der Waals surface area contributed by atoms with Crippen LogP contribution in [0.25, 0.3) is 0 Å². The van der Waals surface area contributed by atoms with Gasteiger partial charge in [-0.25, -0.2) is 17.2 Å². The molecule has 7 heteroatoms. The van der Waals surface area contributed by atoms with E-state index in [0.29, 0.717) is 12.5 Å². The van der Waals surface area contributed by atoms with Crippen molar-refractivity contribution in [1.82, 2.24) is 4.31 Å². The van der Waals surface area contributed by atoms with E-state index in [1.807, 2.05) is 6.92 Å².